The Hall–Kier alpha value is -1.55. The molecule has 20 heavy (non-hydrogen) atoms. The molecule has 0 spiro atoms. The summed E-state index contributed by atoms with van der Waals surface area (Å²) >= 11 is 0. The number of ether oxygens (including phenoxy) is 2. The molecule has 1 amide bonds. The summed E-state index contributed by atoms with van der Waals surface area (Å²) in [5, 5.41) is 2.92. The Labute approximate surface area is 120 Å². The van der Waals surface area contributed by atoms with Gasteiger partial charge in [-0.25, -0.2) is 4.79 Å². The first-order chi connectivity index (χ1) is 9.44. The van der Waals surface area contributed by atoms with Crippen molar-refractivity contribution in [2.24, 2.45) is 0 Å². The van der Waals surface area contributed by atoms with Crippen LogP contribution in [0.1, 0.15) is 32.8 Å². The average Bonchev–Trinajstić information content (AvgIpc) is 3.17. The molecule has 1 aliphatic heterocycles. The van der Waals surface area contributed by atoms with Crippen molar-refractivity contribution in [1.29, 1.82) is 0 Å². The number of benzene rings is 1. The van der Waals surface area contributed by atoms with Gasteiger partial charge in [0, 0.05) is 0 Å². The first-order valence-electron chi connectivity index (χ1n) is 7.09. The third-order valence-corrected chi connectivity index (χ3v) is 3.10. The highest BCUT2D eigenvalue weighted by atomic mass is 16.6. The summed E-state index contributed by atoms with van der Waals surface area (Å²) in [6.45, 7) is 6.30. The van der Waals surface area contributed by atoms with E-state index in [9.17, 15) is 4.79 Å². The lowest BCUT2D eigenvalue weighted by Crippen LogP contribution is -2.42. The van der Waals surface area contributed by atoms with E-state index in [0.29, 0.717) is 0 Å². The lowest BCUT2D eigenvalue weighted by molar-refractivity contribution is 0.0492. The summed E-state index contributed by atoms with van der Waals surface area (Å²) < 4.78 is 10.6. The highest BCUT2D eigenvalue weighted by Gasteiger charge is 2.34. The molecular formula is C16H23NO3. The van der Waals surface area contributed by atoms with E-state index in [-0.39, 0.29) is 18.2 Å². The maximum Gasteiger partial charge on any atom is 0.407 e. The number of aryl methyl sites for hydroxylation is 1. The van der Waals surface area contributed by atoms with Crippen LogP contribution in [0.3, 0.4) is 0 Å². The van der Waals surface area contributed by atoms with Crippen LogP contribution in [-0.4, -0.2) is 30.4 Å². The van der Waals surface area contributed by atoms with E-state index in [1.54, 1.807) is 0 Å². The molecule has 1 aliphatic rings. The summed E-state index contributed by atoms with van der Waals surface area (Å²) in [7, 11) is 0. The molecule has 2 rings (SSSR count). The summed E-state index contributed by atoms with van der Waals surface area (Å²) in [6.07, 6.45) is 1.53. The van der Waals surface area contributed by atoms with Gasteiger partial charge < -0.3 is 14.8 Å². The third-order valence-electron chi connectivity index (χ3n) is 3.10. The number of alkyl carbamates (subject to hydrolysis) is 1. The Kier molecular flexibility index (Phi) is 4.65. The smallest absolute Gasteiger partial charge is 0.407 e. The summed E-state index contributed by atoms with van der Waals surface area (Å²) in [5.74, 6) is 0. The van der Waals surface area contributed by atoms with Gasteiger partial charge in [0.15, 0.2) is 0 Å². The molecule has 1 aromatic carbocycles. The normalized spacial score (nSPS) is 19.2. The number of carbonyl (C=O) groups excluding carboxylic acids is 1. The number of epoxide rings is 1. The number of hydrogen-bond acceptors (Lipinski definition) is 3. The quantitative estimate of drug-likeness (QED) is 0.842. The van der Waals surface area contributed by atoms with Crippen LogP contribution in [0.15, 0.2) is 30.3 Å². The number of nitrogens with one attached hydrogen (secondary N) is 1. The summed E-state index contributed by atoms with van der Waals surface area (Å²) in [4.78, 5) is 11.8. The van der Waals surface area contributed by atoms with Gasteiger partial charge in [-0.15, -0.1) is 0 Å². The van der Waals surface area contributed by atoms with E-state index in [2.05, 4.69) is 17.4 Å². The van der Waals surface area contributed by atoms with Crippen molar-refractivity contribution < 1.29 is 14.3 Å². The molecule has 0 radical (unpaired) electrons. The predicted octanol–water partition coefficient (Wildman–Crippen LogP) is 2.91. The van der Waals surface area contributed by atoms with E-state index >= 15 is 0 Å². The first kappa shape index (κ1) is 14.9. The molecular weight excluding hydrogens is 254 g/mol. The molecule has 0 saturated carbocycles. The van der Waals surface area contributed by atoms with Crippen LogP contribution in [0.4, 0.5) is 4.79 Å². The Bertz CT molecular complexity index is 435. The van der Waals surface area contributed by atoms with E-state index in [1.807, 2.05) is 39.0 Å². The van der Waals surface area contributed by atoms with Crippen molar-refractivity contribution in [3.05, 3.63) is 35.9 Å². The monoisotopic (exact) mass is 277 g/mol. The zero-order chi connectivity index (χ0) is 14.6. The number of hydrogen-bond donors (Lipinski definition) is 1. The Balaban J connectivity index is 1.83. The van der Waals surface area contributed by atoms with E-state index < -0.39 is 5.60 Å². The maximum atomic E-state index is 11.8. The third kappa shape index (κ3) is 5.21. The largest absolute Gasteiger partial charge is 0.444 e. The molecule has 1 aromatic rings. The highest BCUT2D eigenvalue weighted by molar-refractivity contribution is 5.68. The average molecular weight is 277 g/mol. The predicted molar refractivity (Wildman–Crippen MR) is 77.7 cm³/mol. The van der Waals surface area contributed by atoms with Gasteiger partial charge in [0.1, 0.15) is 11.7 Å². The highest BCUT2D eigenvalue weighted by Crippen LogP contribution is 2.19. The van der Waals surface area contributed by atoms with Gasteiger partial charge in [0.25, 0.3) is 0 Å². The van der Waals surface area contributed by atoms with Gasteiger partial charge in [-0.05, 0) is 39.2 Å². The van der Waals surface area contributed by atoms with Crippen molar-refractivity contribution in [2.75, 3.05) is 6.61 Å². The zero-order valence-electron chi connectivity index (χ0n) is 12.4. The molecule has 0 aliphatic carbocycles. The molecule has 4 heteroatoms. The Morgan fingerprint density at radius 2 is 2.05 bits per heavy atom. The van der Waals surface area contributed by atoms with Crippen molar-refractivity contribution >= 4 is 6.09 Å². The minimum atomic E-state index is -0.474. The van der Waals surface area contributed by atoms with Gasteiger partial charge >= 0.3 is 6.09 Å². The SMILES string of the molecule is CC(C)(C)OC(=O)N[C@@H](CCc1ccccc1)[C@H]1CO1. The van der Waals surface area contributed by atoms with Gasteiger partial charge in [-0.2, -0.15) is 0 Å². The van der Waals surface area contributed by atoms with E-state index in [4.69, 9.17) is 9.47 Å². The molecule has 1 saturated heterocycles. The van der Waals surface area contributed by atoms with Crippen LogP contribution in [0.2, 0.25) is 0 Å². The van der Waals surface area contributed by atoms with Crippen molar-refractivity contribution in [3.63, 3.8) is 0 Å². The molecule has 110 valence electrons. The number of carbonyl (C=O) groups is 1. The standard InChI is InChI=1S/C16H23NO3/c1-16(2,3)20-15(18)17-13(14-11-19-14)10-9-12-7-5-4-6-8-12/h4-8,13-14H,9-11H2,1-3H3,(H,17,18)/t13-,14+/m0/s1. The zero-order valence-corrected chi connectivity index (χ0v) is 12.4. The minimum absolute atomic E-state index is 0.0186. The van der Waals surface area contributed by atoms with Crippen LogP contribution < -0.4 is 5.32 Å². The van der Waals surface area contributed by atoms with Crippen molar-refractivity contribution in [2.45, 2.75) is 51.4 Å². The molecule has 1 N–H and O–H groups in total. The summed E-state index contributed by atoms with van der Waals surface area (Å²) in [6, 6.07) is 10.3. The molecule has 1 fully saturated rings. The fraction of sp³-hybridized carbons (Fsp3) is 0.562. The van der Waals surface area contributed by atoms with Gasteiger partial charge in [-0.3, -0.25) is 0 Å². The van der Waals surface area contributed by atoms with Crippen LogP contribution in [0.25, 0.3) is 0 Å². The second-order valence-electron chi connectivity index (χ2n) is 6.15. The number of rotatable bonds is 5. The van der Waals surface area contributed by atoms with E-state index in [1.165, 1.54) is 5.56 Å². The Morgan fingerprint density at radius 3 is 2.60 bits per heavy atom. The van der Waals surface area contributed by atoms with Crippen LogP contribution in [0, 0.1) is 0 Å². The molecule has 1 heterocycles. The van der Waals surface area contributed by atoms with Gasteiger partial charge in [0.2, 0.25) is 0 Å². The maximum absolute atomic E-state index is 11.8. The second-order valence-corrected chi connectivity index (χ2v) is 6.15. The first-order valence-corrected chi connectivity index (χ1v) is 7.09. The second kappa shape index (κ2) is 6.27. The molecule has 4 nitrogen and oxygen atoms in total. The topological polar surface area (TPSA) is 50.9 Å². The Morgan fingerprint density at radius 1 is 1.40 bits per heavy atom. The molecule has 0 bridgehead atoms. The minimum Gasteiger partial charge on any atom is -0.444 e. The van der Waals surface area contributed by atoms with Gasteiger partial charge in [0.05, 0.1) is 12.6 Å². The lowest BCUT2D eigenvalue weighted by Gasteiger charge is -2.23. The van der Waals surface area contributed by atoms with Gasteiger partial charge in [-0.1, -0.05) is 30.3 Å². The fourth-order valence-electron chi connectivity index (χ4n) is 2.06. The fourth-order valence-corrected chi connectivity index (χ4v) is 2.06. The molecule has 2 atom stereocenters. The van der Waals surface area contributed by atoms with Crippen molar-refractivity contribution in [3.8, 4) is 0 Å². The van der Waals surface area contributed by atoms with Crippen LogP contribution >= 0.6 is 0 Å². The number of amides is 1. The summed E-state index contributed by atoms with van der Waals surface area (Å²) in [5.41, 5.74) is 0.794. The lowest BCUT2D eigenvalue weighted by atomic mass is 10.0. The van der Waals surface area contributed by atoms with Crippen molar-refractivity contribution in [1.82, 2.24) is 5.32 Å². The van der Waals surface area contributed by atoms with Crippen LogP contribution in [-0.2, 0) is 15.9 Å². The molecule has 0 aromatic heterocycles. The van der Waals surface area contributed by atoms with Crippen LogP contribution in [0.5, 0.6) is 0 Å². The van der Waals surface area contributed by atoms with E-state index in [0.717, 1.165) is 19.4 Å². The molecule has 0 unspecified atom stereocenters.